The summed E-state index contributed by atoms with van der Waals surface area (Å²) in [6.45, 7) is 4.77. The Morgan fingerprint density at radius 1 is 1.50 bits per heavy atom. The molecule has 104 valence electrons. The highest BCUT2D eigenvalue weighted by Gasteiger charge is 2.42. The minimum atomic E-state index is 0.208. The fourth-order valence-corrected chi connectivity index (χ4v) is 2.80. The highest BCUT2D eigenvalue weighted by molar-refractivity contribution is 5.78. The first-order valence-electron chi connectivity index (χ1n) is 7.15. The van der Waals surface area contributed by atoms with Gasteiger partial charge in [-0.2, -0.15) is 0 Å². The minimum Gasteiger partial charge on any atom is -0.385 e. The molecule has 0 unspecified atom stereocenters. The number of methoxy groups -OCH3 is 1. The van der Waals surface area contributed by atoms with Crippen molar-refractivity contribution in [3.05, 3.63) is 0 Å². The van der Waals surface area contributed by atoms with E-state index in [1.165, 1.54) is 12.8 Å². The average Bonchev–Trinajstić information content (AvgIpc) is 3.14. The van der Waals surface area contributed by atoms with Gasteiger partial charge in [0.2, 0.25) is 5.91 Å². The van der Waals surface area contributed by atoms with Crippen molar-refractivity contribution >= 4 is 5.91 Å². The summed E-state index contributed by atoms with van der Waals surface area (Å²) in [7, 11) is 1.74. The van der Waals surface area contributed by atoms with Gasteiger partial charge < -0.3 is 15.4 Å². The normalized spacial score (nSPS) is 29.9. The predicted molar refractivity (Wildman–Crippen MR) is 71.4 cm³/mol. The quantitative estimate of drug-likeness (QED) is 0.751. The van der Waals surface area contributed by atoms with E-state index in [1.54, 1.807) is 7.11 Å². The predicted octanol–water partition coefficient (Wildman–Crippen LogP) is 1.31. The van der Waals surface area contributed by atoms with E-state index in [0.29, 0.717) is 11.5 Å². The SMILES string of the molecule is COCCC1(CNC(=O)[C@H]2CCN[C@@H](C)C2)CC1. The maximum atomic E-state index is 12.1. The number of carbonyl (C=O) groups is 1. The third kappa shape index (κ3) is 3.69. The van der Waals surface area contributed by atoms with Crippen molar-refractivity contribution in [2.24, 2.45) is 11.3 Å². The van der Waals surface area contributed by atoms with Gasteiger partial charge in [-0.05, 0) is 51.0 Å². The molecule has 2 fully saturated rings. The summed E-state index contributed by atoms with van der Waals surface area (Å²) < 4.78 is 5.13. The number of amides is 1. The first-order valence-corrected chi connectivity index (χ1v) is 7.15. The first kappa shape index (κ1) is 13.8. The summed E-state index contributed by atoms with van der Waals surface area (Å²) in [4.78, 5) is 12.1. The number of hydrogen-bond acceptors (Lipinski definition) is 3. The molecule has 1 aliphatic heterocycles. The molecule has 0 aromatic rings. The summed E-state index contributed by atoms with van der Waals surface area (Å²) in [5.41, 5.74) is 0.351. The van der Waals surface area contributed by atoms with Gasteiger partial charge in [0.1, 0.15) is 0 Å². The molecular formula is C14H26N2O2. The molecular weight excluding hydrogens is 228 g/mol. The lowest BCUT2D eigenvalue weighted by Crippen LogP contribution is -2.43. The van der Waals surface area contributed by atoms with Crippen LogP contribution in [-0.2, 0) is 9.53 Å². The number of carbonyl (C=O) groups excluding carboxylic acids is 1. The highest BCUT2D eigenvalue weighted by Crippen LogP contribution is 2.48. The van der Waals surface area contributed by atoms with Crippen molar-refractivity contribution in [1.29, 1.82) is 0 Å². The molecule has 0 aromatic carbocycles. The van der Waals surface area contributed by atoms with Crippen molar-refractivity contribution in [2.45, 2.75) is 45.1 Å². The zero-order valence-corrected chi connectivity index (χ0v) is 11.6. The molecule has 18 heavy (non-hydrogen) atoms. The van der Waals surface area contributed by atoms with Gasteiger partial charge in [-0.25, -0.2) is 0 Å². The summed E-state index contributed by atoms with van der Waals surface area (Å²) >= 11 is 0. The molecule has 1 saturated heterocycles. The molecule has 2 atom stereocenters. The summed E-state index contributed by atoms with van der Waals surface area (Å²) in [6, 6.07) is 0.470. The van der Waals surface area contributed by atoms with Crippen molar-refractivity contribution in [3.8, 4) is 0 Å². The third-order valence-corrected chi connectivity index (χ3v) is 4.43. The Morgan fingerprint density at radius 3 is 2.89 bits per heavy atom. The van der Waals surface area contributed by atoms with Crippen LogP contribution in [0.3, 0.4) is 0 Å². The Kier molecular flexibility index (Phi) is 4.62. The van der Waals surface area contributed by atoms with Crippen LogP contribution in [0.5, 0.6) is 0 Å². The monoisotopic (exact) mass is 254 g/mol. The maximum absolute atomic E-state index is 12.1. The molecule has 1 heterocycles. The lowest BCUT2D eigenvalue weighted by atomic mass is 9.92. The van der Waals surface area contributed by atoms with Crippen LogP contribution in [0.15, 0.2) is 0 Å². The van der Waals surface area contributed by atoms with E-state index in [-0.39, 0.29) is 11.8 Å². The Labute approximate surface area is 110 Å². The zero-order chi connectivity index (χ0) is 13.0. The van der Waals surface area contributed by atoms with Crippen LogP contribution < -0.4 is 10.6 Å². The van der Waals surface area contributed by atoms with Gasteiger partial charge in [0.05, 0.1) is 0 Å². The molecule has 4 heteroatoms. The zero-order valence-electron chi connectivity index (χ0n) is 11.6. The Balaban J connectivity index is 1.71. The average molecular weight is 254 g/mol. The molecule has 0 spiro atoms. The van der Waals surface area contributed by atoms with Crippen molar-refractivity contribution in [3.63, 3.8) is 0 Å². The van der Waals surface area contributed by atoms with Crippen LogP contribution >= 0.6 is 0 Å². The van der Waals surface area contributed by atoms with E-state index in [1.807, 2.05) is 0 Å². The molecule has 0 aromatic heterocycles. The van der Waals surface area contributed by atoms with Crippen LogP contribution in [0, 0.1) is 11.3 Å². The number of ether oxygens (including phenoxy) is 1. The number of rotatable bonds is 6. The second-order valence-electron chi connectivity index (χ2n) is 6.04. The lowest BCUT2D eigenvalue weighted by molar-refractivity contribution is -0.126. The van der Waals surface area contributed by atoms with E-state index < -0.39 is 0 Å². The van der Waals surface area contributed by atoms with Gasteiger partial charge in [0, 0.05) is 32.2 Å². The van der Waals surface area contributed by atoms with Crippen molar-refractivity contribution in [1.82, 2.24) is 10.6 Å². The fourth-order valence-electron chi connectivity index (χ4n) is 2.80. The molecule has 2 N–H and O–H groups in total. The fraction of sp³-hybridized carbons (Fsp3) is 0.929. The van der Waals surface area contributed by atoms with Gasteiger partial charge in [-0.15, -0.1) is 0 Å². The first-order chi connectivity index (χ1) is 8.65. The summed E-state index contributed by atoms with van der Waals surface area (Å²) in [5.74, 6) is 0.464. The molecule has 1 amide bonds. The summed E-state index contributed by atoms with van der Waals surface area (Å²) in [6.07, 6.45) is 5.49. The largest absolute Gasteiger partial charge is 0.385 e. The second kappa shape index (κ2) is 6.02. The van der Waals surface area contributed by atoms with Crippen LogP contribution in [0.1, 0.15) is 39.0 Å². The second-order valence-corrected chi connectivity index (χ2v) is 6.04. The minimum absolute atomic E-state index is 0.208. The number of nitrogens with one attached hydrogen (secondary N) is 2. The van der Waals surface area contributed by atoms with E-state index in [4.69, 9.17) is 4.74 Å². The topological polar surface area (TPSA) is 50.4 Å². The lowest BCUT2D eigenvalue weighted by Gasteiger charge is -2.27. The number of piperidine rings is 1. The molecule has 0 bridgehead atoms. The van der Waals surface area contributed by atoms with Crippen LogP contribution in [0.25, 0.3) is 0 Å². The molecule has 0 radical (unpaired) electrons. The standard InChI is InChI=1S/C14H26N2O2/c1-11-9-12(3-7-15-11)13(17)16-10-14(4-5-14)6-8-18-2/h11-12,15H,3-10H2,1-2H3,(H,16,17)/t11-,12-/m0/s1. The number of hydrogen-bond donors (Lipinski definition) is 2. The molecule has 2 rings (SSSR count). The van der Waals surface area contributed by atoms with Crippen LogP contribution in [0.4, 0.5) is 0 Å². The molecule has 4 nitrogen and oxygen atoms in total. The molecule has 2 aliphatic rings. The van der Waals surface area contributed by atoms with E-state index in [9.17, 15) is 4.79 Å². The van der Waals surface area contributed by atoms with Crippen LogP contribution in [-0.4, -0.2) is 38.8 Å². The van der Waals surface area contributed by atoms with Gasteiger partial charge in [-0.1, -0.05) is 0 Å². The van der Waals surface area contributed by atoms with Gasteiger partial charge >= 0.3 is 0 Å². The van der Waals surface area contributed by atoms with Gasteiger partial charge in [0.15, 0.2) is 0 Å². The van der Waals surface area contributed by atoms with Crippen molar-refractivity contribution in [2.75, 3.05) is 26.8 Å². The Morgan fingerprint density at radius 2 is 2.28 bits per heavy atom. The Hall–Kier alpha value is -0.610. The Bertz CT molecular complexity index is 290. The van der Waals surface area contributed by atoms with Gasteiger partial charge in [0.25, 0.3) is 0 Å². The third-order valence-electron chi connectivity index (χ3n) is 4.43. The maximum Gasteiger partial charge on any atom is 0.223 e. The van der Waals surface area contributed by atoms with E-state index in [0.717, 1.165) is 39.0 Å². The van der Waals surface area contributed by atoms with E-state index >= 15 is 0 Å². The van der Waals surface area contributed by atoms with Gasteiger partial charge in [-0.3, -0.25) is 4.79 Å². The molecule has 1 saturated carbocycles. The smallest absolute Gasteiger partial charge is 0.223 e. The molecule has 1 aliphatic carbocycles. The van der Waals surface area contributed by atoms with Crippen LogP contribution in [0.2, 0.25) is 0 Å². The highest BCUT2D eigenvalue weighted by atomic mass is 16.5. The van der Waals surface area contributed by atoms with E-state index in [2.05, 4.69) is 17.6 Å². The summed E-state index contributed by atoms with van der Waals surface area (Å²) in [5, 5.41) is 6.55. The van der Waals surface area contributed by atoms with Crippen molar-refractivity contribution < 1.29 is 9.53 Å².